The molecule has 6 nitrogen and oxygen atoms in total. The fourth-order valence-electron chi connectivity index (χ4n) is 0.608. The van der Waals surface area contributed by atoms with Gasteiger partial charge in [-0.25, -0.2) is 13.2 Å². The maximum atomic E-state index is 10.8. The van der Waals surface area contributed by atoms with Gasteiger partial charge in [0.2, 0.25) is 6.10 Å². The van der Waals surface area contributed by atoms with Crippen molar-refractivity contribution in [3.05, 3.63) is 12.8 Å². The van der Waals surface area contributed by atoms with Gasteiger partial charge < -0.3 is 4.74 Å². The summed E-state index contributed by atoms with van der Waals surface area (Å²) in [7, 11) is -3.99. The summed E-state index contributed by atoms with van der Waals surface area (Å²) in [5.74, 6) is -0.842. The molecular formula is C5H6O6S. The molecule has 12 heavy (non-hydrogen) atoms. The molecule has 1 saturated heterocycles. The van der Waals surface area contributed by atoms with Crippen LogP contribution in [0.5, 0.6) is 0 Å². The lowest BCUT2D eigenvalue weighted by atomic mass is 10.4. The van der Waals surface area contributed by atoms with Crippen LogP contribution >= 0.6 is 0 Å². The summed E-state index contributed by atoms with van der Waals surface area (Å²) < 4.78 is 33.5. The Morgan fingerprint density at radius 1 is 1.67 bits per heavy atom. The topological polar surface area (TPSA) is 78.9 Å². The average molecular weight is 194 g/mol. The van der Waals surface area contributed by atoms with Crippen molar-refractivity contribution < 1.29 is 26.3 Å². The lowest BCUT2D eigenvalue weighted by Gasteiger charge is -2.00. The average Bonchev–Trinajstić information content (AvgIpc) is 2.31. The maximum Gasteiger partial charge on any atom is 0.400 e. The van der Waals surface area contributed by atoms with E-state index in [0.29, 0.717) is 0 Å². The van der Waals surface area contributed by atoms with Crippen LogP contribution in [0, 0.1) is 0 Å². The third-order valence-corrected chi connectivity index (χ3v) is 1.95. The normalized spacial score (nSPS) is 26.5. The molecule has 1 aliphatic heterocycles. The van der Waals surface area contributed by atoms with E-state index >= 15 is 0 Å². The van der Waals surface area contributed by atoms with Gasteiger partial charge >= 0.3 is 16.4 Å². The standard InChI is InChI=1S/C5H6O6S/c1-2-9-5(6)4-3-10-12(7,8)11-4/h2,4H,1,3H2. The Labute approximate surface area is 69.0 Å². The highest BCUT2D eigenvalue weighted by atomic mass is 32.3. The molecule has 1 heterocycles. The van der Waals surface area contributed by atoms with Gasteiger partial charge in [-0.3, -0.25) is 0 Å². The van der Waals surface area contributed by atoms with Crippen molar-refractivity contribution in [3.63, 3.8) is 0 Å². The number of hydrogen-bond donors (Lipinski definition) is 0. The number of esters is 1. The van der Waals surface area contributed by atoms with Crippen LogP contribution in [0.3, 0.4) is 0 Å². The molecule has 0 aromatic heterocycles. The predicted molar refractivity (Wildman–Crippen MR) is 36.0 cm³/mol. The molecule has 0 aromatic rings. The second-order valence-electron chi connectivity index (χ2n) is 1.88. The van der Waals surface area contributed by atoms with Crippen molar-refractivity contribution in [2.45, 2.75) is 6.10 Å². The number of rotatable bonds is 2. The molecule has 1 aliphatic rings. The first-order chi connectivity index (χ1) is 5.55. The van der Waals surface area contributed by atoms with Gasteiger partial charge in [0.25, 0.3) is 0 Å². The molecule has 1 atom stereocenters. The number of carbonyl (C=O) groups excluding carboxylic acids is 1. The zero-order valence-electron chi connectivity index (χ0n) is 5.93. The molecule has 0 radical (unpaired) electrons. The molecule has 0 aromatic carbocycles. The van der Waals surface area contributed by atoms with Crippen LogP contribution in [0.1, 0.15) is 0 Å². The van der Waals surface area contributed by atoms with Crippen LogP contribution in [0.15, 0.2) is 12.8 Å². The molecule has 0 amide bonds. The third kappa shape index (κ3) is 2.03. The van der Waals surface area contributed by atoms with Crippen molar-refractivity contribution in [1.29, 1.82) is 0 Å². The van der Waals surface area contributed by atoms with E-state index < -0.39 is 22.5 Å². The molecule has 0 N–H and O–H groups in total. The van der Waals surface area contributed by atoms with E-state index in [0.717, 1.165) is 6.26 Å². The molecule has 1 unspecified atom stereocenters. The molecule has 1 rings (SSSR count). The molecule has 0 aliphatic carbocycles. The minimum atomic E-state index is -3.99. The third-order valence-electron chi connectivity index (χ3n) is 1.06. The van der Waals surface area contributed by atoms with Crippen molar-refractivity contribution in [2.24, 2.45) is 0 Å². The lowest BCUT2D eigenvalue weighted by Crippen LogP contribution is -2.23. The van der Waals surface area contributed by atoms with E-state index in [-0.39, 0.29) is 6.61 Å². The Morgan fingerprint density at radius 2 is 2.33 bits per heavy atom. The summed E-state index contributed by atoms with van der Waals surface area (Å²) in [5, 5.41) is 0. The summed E-state index contributed by atoms with van der Waals surface area (Å²) in [6.45, 7) is 2.77. The minimum absolute atomic E-state index is 0.352. The summed E-state index contributed by atoms with van der Waals surface area (Å²) in [6, 6.07) is 0. The first kappa shape index (κ1) is 9.17. The smallest absolute Gasteiger partial charge is 0.400 e. The monoisotopic (exact) mass is 194 g/mol. The van der Waals surface area contributed by atoms with E-state index in [4.69, 9.17) is 0 Å². The van der Waals surface area contributed by atoms with Gasteiger partial charge in [-0.2, -0.15) is 8.42 Å². The van der Waals surface area contributed by atoms with Gasteiger partial charge in [-0.1, -0.05) is 6.58 Å². The Bertz CT molecular complexity index is 291. The highest BCUT2D eigenvalue weighted by Gasteiger charge is 2.36. The molecule has 7 heteroatoms. The van der Waals surface area contributed by atoms with Gasteiger partial charge in [0.15, 0.2) is 0 Å². The number of ether oxygens (including phenoxy) is 1. The van der Waals surface area contributed by atoms with E-state index in [1.165, 1.54) is 0 Å². The van der Waals surface area contributed by atoms with Crippen LogP contribution in [0.25, 0.3) is 0 Å². The van der Waals surface area contributed by atoms with Crippen molar-refractivity contribution in [3.8, 4) is 0 Å². The molecule has 0 bridgehead atoms. The summed E-state index contributed by atoms with van der Waals surface area (Å²) in [5.41, 5.74) is 0. The minimum Gasteiger partial charge on any atom is -0.433 e. The van der Waals surface area contributed by atoms with E-state index in [9.17, 15) is 13.2 Å². The Kier molecular flexibility index (Phi) is 2.46. The maximum absolute atomic E-state index is 10.8. The number of carbonyl (C=O) groups is 1. The van der Waals surface area contributed by atoms with Crippen LogP contribution in [0.4, 0.5) is 0 Å². The first-order valence-electron chi connectivity index (χ1n) is 2.94. The first-order valence-corrected chi connectivity index (χ1v) is 4.27. The van der Waals surface area contributed by atoms with Gasteiger partial charge in [-0.15, -0.1) is 0 Å². The molecular weight excluding hydrogens is 188 g/mol. The zero-order valence-corrected chi connectivity index (χ0v) is 6.74. The van der Waals surface area contributed by atoms with Gasteiger partial charge in [-0.05, 0) is 0 Å². The highest BCUT2D eigenvalue weighted by Crippen LogP contribution is 2.13. The van der Waals surface area contributed by atoms with E-state index in [1.807, 2.05) is 0 Å². The fraction of sp³-hybridized carbons (Fsp3) is 0.400. The van der Waals surface area contributed by atoms with Gasteiger partial charge in [0, 0.05) is 0 Å². The highest BCUT2D eigenvalue weighted by molar-refractivity contribution is 7.82. The predicted octanol–water partition coefficient (Wildman–Crippen LogP) is -0.667. The second kappa shape index (κ2) is 3.21. The molecule has 0 spiro atoms. The SMILES string of the molecule is C=COC(=O)C1COS(=O)(=O)O1. The second-order valence-corrected chi connectivity index (χ2v) is 3.13. The zero-order chi connectivity index (χ0) is 9.19. The Balaban J connectivity index is 2.58. The van der Waals surface area contributed by atoms with Crippen molar-refractivity contribution in [1.82, 2.24) is 0 Å². The van der Waals surface area contributed by atoms with Crippen LogP contribution in [-0.2, 0) is 28.3 Å². The lowest BCUT2D eigenvalue weighted by molar-refractivity contribution is -0.145. The van der Waals surface area contributed by atoms with E-state index in [1.54, 1.807) is 0 Å². The van der Waals surface area contributed by atoms with Crippen LogP contribution in [-0.4, -0.2) is 27.1 Å². The number of hydrogen-bond acceptors (Lipinski definition) is 6. The van der Waals surface area contributed by atoms with Crippen molar-refractivity contribution >= 4 is 16.4 Å². The van der Waals surface area contributed by atoms with E-state index in [2.05, 4.69) is 19.7 Å². The molecule has 68 valence electrons. The van der Waals surface area contributed by atoms with Crippen molar-refractivity contribution in [2.75, 3.05) is 6.61 Å². The summed E-state index contributed by atoms with van der Waals surface area (Å²) in [4.78, 5) is 10.8. The van der Waals surface area contributed by atoms with Crippen LogP contribution < -0.4 is 0 Å². The van der Waals surface area contributed by atoms with Gasteiger partial charge in [0.1, 0.15) is 6.61 Å². The largest absolute Gasteiger partial charge is 0.433 e. The quantitative estimate of drug-likeness (QED) is 0.428. The Morgan fingerprint density at radius 3 is 2.75 bits per heavy atom. The Hall–Kier alpha value is -0.920. The molecule has 0 saturated carbocycles. The summed E-state index contributed by atoms with van der Waals surface area (Å²) >= 11 is 0. The van der Waals surface area contributed by atoms with Gasteiger partial charge in [0.05, 0.1) is 6.26 Å². The fourth-order valence-corrected chi connectivity index (χ4v) is 1.37. The molecule has 1 fully saturated rings. The van der Waals surface area contributed by atoms with Crippen LogP contribution in [0.2, 0.25) is 0 Å². The summed E-state index contributed by atoms with van der Waals surface area (Å²) in [6.07, 6.45) is -0.329.